The molecule has 0 saturated heterocycles. The molecule has 0 aliphatic carbocycles. The number of benzene rings is 5. The Morgan fingerprint density at radius 2 is 1.24 bits per heavy atom. The van der Waals surface area contributed by atoms with Gasteiger partial charge < -0.3 is 14.4 Å². The lowest BCUT2D eigenvalue weighted by Gasteiger charge is -2.40. The van der Waals surface area contributed by atoms with Gasteiger partial charge in [0.05, 0.1) is 50.5 Å². The highest BCUT2D eigenvalue weighted by Gasteiger charge is 2.32. The van der Waals surface area contributed by atoms with E-state index >= 15 is 0 Å². The number of hydrogen-bond acceptors (Lipinski definition) is 4. The van der Waals surface area contributed by atoms with Crippen LogP contribution in [0.1, 0.15) is 13.3 Å². The number of nitrogens with zero attached hydrogens (tertiary/aromatic N) is 5. The number of allylic oxidation sites excluding steroid dienone is 2. The molecule has 5 heteroatoms. The third-order valence-corrected chi connectivity index (χ3v) is 9.50. The van der Waals surface area contributed by atoms with Gasteiger partial charge in [-0.3, -0.25) is 9.97 Å². The molecule has 9 rings (SSSR count). The molecule has 46 heavy (non-hydrogen) atoms. The van der Waals surface area contributed by atoms with E-state index in [-0.39, 0.29) is 0 Å². The van der Waals surface area contributed by atoms with Crippen molar-refractivity contribution in [2.75, 3.05) is 16.8 Å². The maximum Gasteiger partial charge on any atom is 0.0971 e. The van der Waals surface area contributed by atoms with Crippen molar-refractivity contribution in [2.45, 2.75) is 13.3 Å². The average molecular weight is 594 g/mol. The smallest absolute Gasteiger partial charge is 0.0971 e. The molecule has 0 radical (unpaired) electrons. The molecule has 0 saturated carbocycles. The monoisotopic (exact) mass is 593 g/mol. The van der Waals surface area contributed by atoms with Crippen molar-refractivity contribution in [1.29, 1.82) is 0 Å². The van der Waals surface area contributed by atoms with Gasteiger partial charge >= 0.3 is 0 Å². The Morgan fingerprint density at radius 3 is 1.98 bits per heavy atom. The van der Waals surface area contributed by atoms with Crippen molar-refractivity contribution in [3.63, 3.8) is 0 Å². The van der Waals surface area contributed by atoms with Crippen LogP contribution in [0.4, 0.5) is 17.1 Å². The van der Waals surface area contributed by atoms with Crippen molar-refractivity contribution >= 4 is 71.4 Å². The number of para-hydroxylation sites is 3. The van der Waals surface area contributed by atoms with Gasteiger partial charge in [0.25, 0.3) is 0 Å². The van der Waals surface area contributed by atoms with Crippen molar-refractivity contribution in [3.8, 4) is 5.69 Å². The summed E-state index contributed by atoms with van der Waals surface area (Å²) in [5.41, 5.74) is 10.7. The van der Waals surface area contributed by atoms with E-state index < -0.39 is 0 Å². The van der Waals surface area contributed by atoms with Gasteiger partial charge in [-0.2, -0.15) is 0 Å². The molecule has 220 valence electrons. The van der Waals surface area contributed by atoms with E-state index in [1.54, 1.807) is 0 Å². The summed E-state index contributed by atoms with van der Waals surface area (Å²) in [6.45, 7) is 6.44. The molecular formula is C41H31N5. The topological polar surface area (TPSA) is 37.2 Å². The zero-order chi connectivity index (χ0) is 30.9. The van der Waals surface area contributed by atoms with Crippen LogP contribution in [0.25, 0.3) is 60.1 Å². The Bertz CT molecular complexity index is 2520. The third kappa shape index (κ3) is 3.57. The lowest BCUT2D eigenvalue weighted by molar-refractivity contribution is 0.932. The van der Waals surface area contributed by atoms with Crippen LogP contribution in [-0.4, -0.2) is 21.6 Å². The lowest BCUT2D eigenvalue weighted by Crippen LogP contribution is -2.31. The van der Waals surface area contributed by atoms with Gasteiger partial charge in [0.15, 0.2) is 0 Å². The predicted octanol–water partition coefficient (Wildman–Crippen LogP) is 10.4. The summed E-state index contributed by atoms with van der Waals surface area (Å²) in [4.78, 5) is 14.9. The van der Waals surface area contributed by atoms with Crippen LogP contribution in [0.3, 0.4) is 0 Å². The fourth-order valence-corrected chi connectivity index (χ4v) is 7.54. The Hall–Kier alpha value is -5.94. The number of hydrogen-bond donors (Lipinski definition) is 0. The minimum atomic E-state index is 0.817. The maximum absolute atomic E-state index is 5.16. The highest BCUT2D eigenvalue weighted by molar-refractivity contribution is 6.20. The van der Waals surface area contributed by atoms with Crippen LogP contribution >= 0.6 is 0 Å². The molecule has 5 aromatic carbocycles. The van der Waals surface area contributed by atoms with Crippen LogP contribution in [0.2, 0.25) is 0 Å². The SMILES string of the molecule is C=CC1=C(CC)N(c2c3cccnc3c(-n3c4ccccc4c4cc5ccccc5cc43)c3cccnc23)c2ccccc2N1C. The lowest BCUT2D eigenvalue weighted by atomic mass is 10.00. The molecule has 0 atom stereocenters. The Labute approximate surface area is 267 Å². The second-order valence-electron chi connectivity index (χ2n) is 11.8. The third-order valence-electron chi connectivity index (χ3n) is 9.50. The van der Waals surface area contributed by atoms with Crippen LogP contribution in [0.15, 0.2) is 146 Å². The Kier molecular flexibility index (Phi) is 5.78. The van der Waals surface area contributed by atoms with Gasteiger partial charge in [-0.1, -0.05) is 68.1 Å². The molecule has 0 amide bonds. The molecule has 0 spiro atoms. The highest BCUT2D eigenvalue weighted by atomic mass is 15.3. The highest BCUT2D eigenvalue weighted by Crippen LogP contribution is 2.50. The normalized spacial score (nSPS) is 13.4. The van der Waals surface area contributed by atoms with Crippen LogP contribution in [0.5, 0.6) is 0 Å². The number of rotatable bonds is 4. The van der Waals surface area contributed by atoms with Gasteiger partial charge in [0.2, 0.25) is 0 Å². The van der Waals surface area contributed by atoms with E-state index in [2.05, 4.69) is 132 Å². The molecule has 1 aliphatic heterocycles. The molecule has 4 heterocycles. The van der Waals surface area contributed by atoms with E-state index in [1.807, 2.05) is 30.6 Å². The first-order chi connectivity index (χ1) is 22.7. The van der Waals surface area contributed by atoms with Gasteiger partial charge in [-0.25, -0.2) is 0 Å². The molecule has 0 bridgehead atoms. The Morgan fingerprint density at radius 1 is 0.630 bits per heavy atom. The van der Waals surface area contributed by atoms with Crippen molar-refractivity contribution in [3.05, 3.63) is 146 Å². The van der Waals surface area contributed by atoms with E-state index in [0.717, 1.165) is 67.7 Å². The zero-order valence-corrected chi connectivity index (χ0v) is 25.8. The van der Waals surface area contributed by atoms with E-state index in [9.17, 15) is 0 Å². The largest absolute Gasteiger partial charge is 0.341 e. The first kappa shape index (κ1) is 26.5. The predicted molar refractivity (Wildman–Crippen MR) is 193 cm³/mol. The van der Waals surface area contributed by atoms with Crippen LogP contribution in [0, 0.1) is 0 Å². The van der Waals surface area contributed by atoms with Gasteiger partial charge in [-0.15, -0.1) is 0 Å². The van der Waals surface area contributed by atoms with Crippen LogP contribution in [-0.2, 0) is 0 Å². The van der Waals surface area contributed by atoms with Gasteiger partial charge in [0.1, 0.15) is 0 Å². The van der Waals surface area contributed by atoms with E-state index in [4.69, 9.17) is 9.97 Å². The molecule has 0 N–H and O–H groups in total. The van der Waals surface area contributed by atoms with Crippen molar-refractivity contribution < 1.29 is 0 Å². The quantitative estimate of drug-likeness (QED) is 0.190. The van der Waals surface area contributed by atoms with Crippen molar-refractivity contribution in [1.82, 2.24) is 14.5 Å². The summed E-state index contributed by atoms with van der Waals surface area (Å²) in [6, 6.07) is 39.0. The van der Waals surface area contributed by atoms with Crippen molar-refractivity contribution in [2.24, 2.45) is 0 Å². The maximum atomic E-state index is 5.16. The summed E-state index contributed by atoms with van der Waals surface area (Å²) in [5, 5.41) is 6.97. The van der Waals surface area contributed by atoms with E-state index in [0.29, 0.717) is 0 Å². The number of fused-ring (bicyclic) bond motifs is 7. The van der Waals surface area contributed by atoms with Crippen LogP contribution < -0.4 is 9.80 Å². The number of anilines is 3. The summed E-state index contributed by atoms with van der Waals surface area (Å²) in [6.07, 6.45) is 6.60. The number of likely N-dealkylation sites (N-methyl/N-ethyl adjacent to an activating group) is 1. The summed E-state index contributed by atoms with van der Waals surface area (Å²) in [5.74, 6) is 0. The van der Waals surface area contributed by atoms with Gasteiger partial charge in [-0.05, 0) is 77.9 Å². The minimum Gasteiger partial charge on any atom is -0.341 e. The molecule has 0 fully saturated rings. The fourth-order valence-electron chi connectivity index (χ4n) is 7.54. The number of aromatic nitrogens is 3. The molecule has 3 aromatic heterocycles. The van der Waals surface area contributed by atoms with Gasteiger partial charge in [0, 0.05) is 46.7 Å². The molecular weight excluding hydrogens is 562 g/mol. The summed E-state index contributed by atoms with van der Waals surface area (Å²) in [7, 11) is 2.12. The zero-order valence-electron chi connectivity index (χ0n) is 25.8. The standard InChI is InChI=1S/C41H31N5/c1-4-32-33(5-2)45(36-21-11-10-20-35(36)44(32)3)40-29-17-12-23-43-39(29)41(30-18-13-22-42-38(30)40)46-34-19-9-8-16-28(34)31-24-26-14-6-7-15-27(26)25-37(31)46/h4,6-25H,1,5H2,2-3H3. The molecule has 8 aromatic rings. The number of pyridine rings is 2. The molecule has 5 nitrogen and oxygen atoms in total. The second-order valence-corrected chi connectivity index (χ2v) is 11.8. The summed E-state index contributed by atoms with van der Waals surface area (Å²) >= 11 is 0. The fraction of sp³-hybridized carbons (Fsp3) is 0.0732. The van der Waals surface area contributed by atoms with E-state index in [1.165, 1.54) is 27.2 Å². The molecule has 0 unspecified atom stereocenters. The summed E-state index contributed by atoms with van der Waals surface area (Å²) < 4.78 is 2.41. The minimum absolute atomic E-state index is 0.817. The first-order valence-corrected chi connectivity index (χ1v) is 15.8. The second kappa shape index (κ2) is 10.0. The molecule has 1 aliphatic rings. The Balaban J connectivity index is 1.47. The average Bonchev–Trinajstić information content (AvgIpc) is 3.42. The first-order valence-electron chi connectivity index (χ1n) is 15.8.